The number of rotatable bonds is 4. The van der Waals surface area contributed by atoms with Crippen LogP contribution in [0.25, 0.3) is 0 Å². The lowest BCUT2D eigenvalue weighted by atomic mass is 9.95. The highest BCUT2D eigenvalue weighted by molar-refractivity contribution is 5.82. The summed E-state index contributed by atoms with van der Waals surface area (Å²) >= 11 is 0. The van der Waals surface area contributed by atoms with Crippen LogP contribution < -0.4 is 5.73 Å². The summed E-state index contributed by atoms with van der Waals surface area (Å²) in [6, 6.07) is 9.96. The third kappa shape index (κ3) is 2.56. The number of hydrogen-bond acceptors (Lipinski definition) is 2. The van der Waals surface area contributed by atoms with Crippen LogP contribution in [0.5, 0.6) is 0 Å². The Hall–Kier alpha value is -1.61. The molecule has 0 aliphatic carbocycles. The van der Waals surface area contributed by atoms with E-state index in [2.05, 4.69) is 6.58 Å². The van der Waals surface area contributed by atoms with E-state index in [0.29, 0.717) is 13.1 Å². The number of hydrogen-bond donors (Lipinski definition) is 1. The van der Waals surface area contributed by atoms with Gasteiger partial charge >= 0.3 is 0 Å². The van der Waals surface area contributed by atoms with E-state index in [-0.39, 0.29) is 17.9 Å². The van der Waals surface area contributed by atoms with E-state index in [4.69, 9.17) is 5.73 Å². The molecule has 2 unspecified atom stereocenters. The Balaban J connectivity index is 2.06. The molecule has 0 spiro atoms. The van der Waals surface area contributed by atoms with E-state index in [1.807, 2.05) is 30.3 Å². The Labute approximate surface area is 102 Å². The largest absolute Gasteiger partial charge is 0.337 e. The number of carbonyl (C=O) groups is 1. The molecule has 0 bridgehead atoms. The predicted octanol–water partition coefficient (Wildman–Crippen LogP) is 1.20. The van der Waals surface area contributed by atoms with Crippen LogP contribution in [0.1, 0.15) is 5.56 Å². The second kappa shape index (κ2) is 5.15. The molecule has 90 valence electrons. The fourth-order valence-electron chi connectivity index (χ4n) is 2.32. The van der Waals surface area contributed by atoms with Gasteiger partial charge in [-0.05, 0) is 12.0 Å². The van der Waals surface area contributed by atoms with Gasteiger partial charge in [-0.25, -0.2) is 0 Å². The highest BCUT2D eigenvalue weighted by Crippen LogP contribution is 2.21. The Kier molecular flexibility index (Phi) is 3.59. The molecule has 0 saturated carbocycles. The molecule has 0 aromatic heterocycles. The van der Waals surface area contributed by atoms with Gasteiger partial charge < -0.3 is 10.6 Å². The molecule has 1 fully saturated rings. The molecule has 1 amide bonds. The molecule has 17 heavy (non-hydrogen) atoms. The van der Waals surface area contributed by atoms with Crippen molar-refractivity contribution in [3.05, 3.63) is 48.6 Å². The van der Waals surface area contributed by atoms with Gasteiger partial charge in [0.15, 0.2) is 0 Å². The molecule has 1 aromatic carbocycles. The van der Waals surface area contributed by atoms with Gasteiger partial charge in [0.1, 0.15) is 0 Å². The average molecular weight is 230 g/mol. The summed E-state index contributed by atoms with van der Waals surface area (Å²) in [6.45, 7) is 4.89. The van der Waals surface area contributed by atoms with Crippen molar-refractivity contribution in [1.29, 1.82) is 0 Å². The Morgan fingerprint density at radius 2 is 2.12 bits per heavy atom. The number of benzene rings is 1. The van der Waals surface area contributed by atoms with Gasteiger partial charge in [0.2, 0.25) is 5.91 Å². The van der Waals surface area contributed by atoms with E-state index >= 15 is 0 Å². The maximum Gasteiger partial charge on any atom is 0.227 e. The minimum Gasteiger partial charge on any atom is -0.337 e. The van der Waals surface area contributed by atoms with Crippen molar-refractivity contribution in [2.45, 2.75) is 12.5 Å². The second-order valence-corrected chi connectivity index (χ2v) is 4.49. The zero-order chi connectivity index (χ0) is 12.3. The quantitative estimate of drug-likeness (QED) is 0.790. The molecular formula is C14H18N2O. The molecule has 3 heteroatoms. The molecule has 0 radical (unpaired) electrons. The Morgan fingerprint density at radius 1 is 1.41 bits per heavy atom. The summed E-state index contributed by atoms with van der Waals surface area (Å²) in [6.07, 6.45) is 2.48. The van der Waals surface area contributed by atoms with Gasteiger partial charge in [-0.1, -0.05) is 36.4 Å². The van der Waals surface area contributed by atoms with Crippen LogP contribution in [0.4, 0.5) is 0 Å². The first-order valence-corrected chi connectivity index (χ1v) is 5.91. The molecular weight excluding hydrogens is 212 g/mol. The second-order valence-electron chi connectivity index (χ2n) is 4.49. The van der Waals surface area contributed by atoms with Crippen molar-refractivity contribution < 1.29 is 4.79 Å². The van der Waals surface area contributed by atoms with Crippen LogP contribution in [0, 0.1) is 5.92 Å². The lowest BCUT2D eigenvalue weighted by Crippen LogP contribution is -2.31. The van der Waals surface area contributed by atoms with Gasteiger partial charge in [-0.2, -0.15) is 0 Å². The first-order valence-electron chi connectivity index (χ1n) is 5.91. The molecule has 2 rings (SSSR count). The highest BCUT2D eigenvalue weighted by atomic mass is 16.2. The molecule has 1 saturated heterocycles. The van der Waals surface area contributed by atoms with Crippen LogP contribution in [0.15, 0.2) is 43.0 Å². The summed E-state index contributed by atoms with van der Waals surface area (Å²) in [5, 5.41) is 0. The minimum absolute atomic E-state index is 0.0670. The molecule has 2 atom stereocenters. The number of nitrogens with two attached hydrogens (primary N) is 1. The van der Waals surface area contributed by atoms with Crippen molar-refractivity contribution in [2.24, 2.45) is 11.7 Å². The van der Waals surface area contributed by atoms with Crippen LogP contribution in [-0.4, -0.2) is 29.9 Å². The van der Waals surface area contributed by atoms with Crippen LogP contribution in [-0.2, 0) is 11.2 Å². The van der Waals surface area contributed by atoms with E-state index in [0.717, 1.165) is 6.42 Å². The lowest BCUT2D eigenvalue weighted by molar-refractivity contribution is -0.130. The summed E-state index contributed by atoms with van der Waals surface area (Å²) in [5.41, 5.74) is 7.21. The molecule has 1 heterocycles. The third-order valence-electron chi connectivity index (χ3n) is 3.22. The lowest BCUT2D eigenvalue weighted by Gasteiger charge is -2.13. The topological polar surface area (TPSA) is 46.3 Å². The summed E-state index contributed by atoms with van der Waals surface area (Å²) in [5.74, 6) is 0.0682. The van der Waals surface area contributed by atoms with Gasteiger partial charge in [0.25, 0.3) is 0 Å². The van der Waals surface area contributed by atoms with Crippen LogP contribution in [0.3, 0.4) is 0 Å². The van der Waals surface area contributed by atoms with Crippen molar-refractivity contribution in [3.8, 4) is 0 Å². The fraction of sp³-hybridized carbons (Fsp3) is 0.357. The maximum absolute atomic E-state index is 12.1. The first-order chi connectivity index (χ1) is 8.22. The normalized spacial score (nSPS) is 24.1. The molecule has 1 aromatic rings. The first kappa shape index (κ1) is 11.9. The minimum atomic E-state index is -0.0858. The van der Waals surface area contributed by atoms with E-state index in [1.54, 1.807) is 11.0 Å². The monoisotopic (exact) mass is 230 g/mol. The zero-order valence-electron chi connectivity index (χ0n) is 9.88. The standard InChI is InChI=1S/C14H18N2O/c1-2-8-16-10-13(15)12(14(16)17)9-11-6-4-3-5-7-11/h2-7,12-13H,1,8-10,15H2. The average Bonchev–Trinajstić information content (AvgIpc) is 2.59. The number of nitrogens with zero attached hydrogens (tertiary/aromatic N) is 1. The number of likely N-dealkylation sites (tertiary alicyclic amines) is 1. The number of carbonyl (C=O) groups excluding carboxylic acids is 1. The van der Waals surface area contributed by atoms with Crippen molar-refractivity contribution in [3.63, 3.8) is 0 Å². The van der Waals surface area contributed by atoms with E-state index in [9.17, 15) is 4.79 Å². The van der Waals surface area contributed by atoms with E-state index in [1.165, 1.54) is 5.56 Å². The molecule has 1 aliphatic rings. The van der Waals surface area contributed by atoms with Gasteiger partial charge in [-0.3, -0.25) is 4.79 Å². The summed E-state index contributed by atoms with van der Waals surface area (Å²) in [7, 11) is 0. The maximum atomic E-state index is 12.1. The molecule has 2 N–H and O–H groups in total. The van der Waals surface area contributed by atoms with Crippen LogP contribution in [0.2, 0.25) is 0 Å². The zero-order valence-corrected chi connectivity index (χ0v) is 9.88. The Morgan fingerprint density at radius 3 is 2.76 bits per heavy atom. The molecule has 1 aliphatic heterocycles. The van der Waals surface area contributed by atoms with Gasteiger partial charge in [0.05, 0.1) is 5.92 Å². The third-order valence-corrected chi connectivity index (χ3v) is 3.22. The van der Waals surface area contributed by atoms with Crippen LogP contribution >= 0.6 is 0 Å². The molecule has 3 nitrogen and oxygen atoms in total. The Bertz CT molecular complexity index is 402. The highest BCUT2D eigenvalue weighted by Gasteiger charge is 2.37. The van der Waals surface area contributed by atoms with Crippen molar-refractivity contribution in [2.75, 3.05) is 13.1 Å². The van der Waals surface area contributed by atoms with Gasteiger partial charge in [-0.15, -0.1) is 6.58 Å². The SMILES string of the molecule is C=CCN1CC(N)C(Cc2ccccc2)C1=O. The van der Waals surface area contributed by atoms with Crippen molar-refractivity contribution in [1.82, 2.24) is 4.90 Å². The summed E-state index contributed by atoms with van der Waals surface area (Å²) in [4.78, 5) is 13.9. The number of amides is 1. The predicted molar refractivity (Wildman–Crippen MR) is 68.4 cm³/mol. The van der Waals surface area contributed by atoms with Gasteiger partial charge in [0, 0.05) is 19.1 Å². The van der Waals surface area contributed by atoms with Crippen molar-refractivity contribution >= 4 is 5.91 Å². The summed E-state index contributed by atoms with van der Waals surface area (Å²) < 4.78 is 0. The van der Waals surface area contributed by atoms with E-state index < -0.39 is 0 Å². The smallest absolute Gasteiger partial charge is 0.227 e. The fourth-order valence-corrected chi connectivity index (χ4v) is 2.32.